The Morgan fingerprint density at radius 1 is 0.967 bits per heavy atom. The number of para-hydroxylation sites is 1. The number of benzene rings is 2. The van der Waals surface area contributed by atoms with Crippen molar-refractivity contribution in [3.8, 4) is 0 Å². The molecule has 4 heteroatoms. The topological polar surface area (TPSA) is 33.6 Å². The molecule has 2 aromatic rings. The van der Waals surface area contributed by atoms with Gasteiger partial charge in [0.2, 0.25) is 0 Å². The number of fused-ring (bicyclic) bond motifs is 4. The summed E-state index contributed by atoms with van der Waals surface area (Å²) in [6.07, 6.45) is 10.1. The predicted molar refractivity (Wildman–Crippen MR) is 121 cm³/mol. The molecule has 3 unspecified atom stereocenters. The molecule has 3 nitrogen and oxygen atoms in total. The van der Waals surface area contributed by atoms with Gasteiger partial charge < -0.3 is 10.1 Å². The van der Waals surface area contributed by atoms with Gasteiger partial charge in [0.25, 0.3) is 0 Å². The summed E-state index contributed by atoms with van der Waals surface area (Å²) in [5, 5.41) is 3.70. The molecule has 0 amide bonds. The number of aliphatic imine (C=N–C) groups is 1. The lowest BCUT2D eigenvalue weighted by Gasteiger charge is -2.31. The number of ether oxygens (including phenoxy) is 1. The minimum atomic E-state index is -0.0793. The molecular weight excluding hydrogens is 367 g/mol. The third kappa shape index (κ3) is 2.78. The van der Waals surface area contributed by atoms with Crippen LogP contribution in [0.25, 0.3) is 5.57 Å². The number of nitrogens with zero attached hydrogens (tertiary/aromatic N) is 1. The maximum Gasteiger partial charge on any atom is 0.176 e. The Kier molecular flexibility index (Phi) is 4.05. The van der Waals surface area contributed by atoms with Crippen molar-refractivity contribution < 1.29 is 4.74 Å². The Bertz CT molecular complexity index is 1170. The van der Waals surface area contributed by atoms with Crippen LogP contribution < -0.4 is 5.32 Å². The monoisotopic (exact) mass is 388 g/mol. The van der Waals surface area contributed by atoms with Crippen molar-refractivity contribution in [2.24, 2.45) is 16.8 Å². The van der Waals surface area contributed by atoms with Gasteiger partial charge in [0.1, 0.15) is 13.6 Å². The number of rotatable bonds is 2. The zero-order valence-corrected chi connectivity index (χ0v) is 16.6. The molecule has 2 heterocycles. The van der Waals surface area contributed by atoms with Gasteiger partial charge in [-0.25, -0.2) is 0 Å². The number of allylic oxidation sites excluding steroid dienone is 5. The number of hydrogen-bond acceptors (Lipinski definition) is 3. The van der Waals surface area contributed by atoms with Crippen LogP contribution in [0.3, 0.4) is 0 Å². The third-order valence-electron chi connectivity index (χ3n) is 6.33. The fourth-order valence-electron chi connectivity index (χ4n) is 4.84. The maximum absolute atomic E-state index is 6.38. The van der Waals surface area contributed by atoms with Gasteiger partial charge in [-0.1, -0.05) is 66.8 Å². The van der Waals surface area contributed by atoms with Crippen LogP contribution in [0.5, 0.6) is 0 Å². The second kappa shape index (κ2) is 6.91. The van der Waals surface area contributed by atoms with Gasteiger partial charge in [0.05, 0.1) is 17.1 Å². The van der Waals surface area contributed by atoms with Crippen molar-refractivity contribution in [3.63, 3.8) is 0 Å². The quantitative estimate of drug-likeness (QED) is 0.734. The summed E-state index contributed by atoms with van der Waals surface area (Å²) in [4.78, 5) is 5.08. The summed E-state index contributed by atoms with van der Waals surface area (Å²) >= 11 is 0. The Balaban J connectivity index is 1.45. The van der Waals surface area contributed by atoms with E-state index in [4.69, 9.17) is 17.6 Å². The van der Waals surface area contributed by atoms with Crippen LogP contribution in [0, 0.1) is 11.8 Å². The van der Waals surface area contributed by atoms with E-state index in [1.54, 1.807) is 0 Å². The SMILES string of the molecule is [B]C1=CCC(C2NC3=C4c5ccccc5N=C(c5ccccc5)C4CC=C3O2)C=C1. The van der Waals surface area contributed by atoms with Crippen molar-refractivity contribution in [2.75, 3.05) is 0 Å². The maximum atomic E-state index is 6.38. The van der Waals surface area contributed by atoms with Crippen LogP contribution in [0.1, 0.15) is 24.0 Å². The molecule has 1 saturated heterocycles. The first kappa shape index (κ1) is 17.6. The zero-order chi connectivity index (χ0) is 20.1. The minimum absolute atomic E-state index is 0.0793. The van der Waals surface area contributed by atoms with E-state index in [0.717, 1.165) is 41.2 Å². The Hall–Kier alpha value is -3.27. The first-order valence-electron chi connectivity index (χ1n) is 10.5. The highest BCUT2D eigenvalue weighted by atomic mass is 16.5. The molecule has 2 aromatic carbocycles. The van der Waals surface area contributed by atoms with Crippen LogP contribution in [-0.4, -0.2) is 19.8 Å². The predicted octanol–water partition coefficient (Wildman–Crippen LogP) is 5.01. The summed E-state index contributed by atoms with van der Waals surface area (Å²) in [6, 6.07) is 18.9. The smallest absolute Gasteiger partial charge is 0.176 e. The first-order valence-corrected chi connectivity index (χ1v) is 10.5. The van der Waals surface area contributed by atoms with Gasteiger partial charge in [-0.2, -0.15) is 0 Å². The van der Waals surface area contributed by atoms with E-state index in [-0.39, 0.29) is 18.1 Å². The fraction of sp³-hybridized carbons (Fsp3) is 0.192. The van der Waals surface area contributed by atoms with Crippen molar-refractivity contribution in [3.05, 3.63) is 107 Å². The standard InChI is InChI=1S/C26H21BN2O/c27-18-12-10-17(11-13-18)26-29-25-22(30-26)15-14-20-23(25)19-8-4-5-9-21(19)28-24(20)16-6-2-1-3-7-16/h1-10,12-13,15,17,20,26,29H,11,14H2. The van der Waals surface area contributed by atoms with E-state index >= 15 is 0 Å². The molecule has 2 aliphatic carbocycles. The van der Waals surface area contributed by atoms with Gasteiger partial charge in [-0.05, 0) is 36.1 Å². The van der Waals surface area contributed by atoms with Crippen molar-refractivity contribution in [1.29, 1.82) is 0 Å². The van der Waals surface area contributed by atoms with Crippen LogP contribution in [-0.2, 0) is 4.74 Å². The zero-order valence-electron chi connectivity index (χ0n) is 16.6. The van der Waals surface area contributed by atoms with Gasteiger partial charge in [0, 0.05) is 17.4 Å². The summed E-state index contributed by atoms with van der Waals surface area (Å²) in [7, 11) is 5.90. The molecule has 3 atom stereocenters. The van der Waals surface area contributed by atoms with Crippen molar-refractivity contribution in [2.45, 2.75) is 19.1 Å². The summed E-state index contributed by atoms with van der Waals surface area (Å²) in [5.41, 5.74) is 7.77. The average Bonchev–Trinajstić information content (AvgIpc) is 3.24. The van der Waals surface area contributed by atoms with Crippen LogP contribution in [0.15, 0.2) is 101 Å². The molecule has 6 rings (SSSR count). The lowest BCUT2D eigenvalue weighted by Crippen LogP contribution is -2.32. The first-order chi connectivity index (χ1) is 14.8. The molecule has 2 radical (unpaired) electrons. The largest absolute Gasteiger partial charge is 0.468 e. The fourth-order valence-corrected chi connectivity index (χ4v) is 4.84. The molecule has 4 aliphatic rings. The van der Waals surface area contributed by atoms with E-state index < -0.39 is 0 Å². The van der Waals surface area contributed by atoms with Crippen LogP contribution >= 0.6 is 0 Å². The van der Waals surface area contributed by atoms with Gasteiger partial charge in [-0.15, -0.1) is 5.47 Å². The third-order valence-corrected chi connectivity index (χ3v) is 6.33. The highest BCUT2D eigenvalue weighted by Gasteiger charge is 2.40. The molecule has 0 spiro atoms. The molecule has 2 aliphatic heterocycles. The van der Waals surface area contributed by atoms with Gasteiger partial charge >= 0.3 is 0 Å². The van der Waals surface area contributed by atoms with Gasteiger partial charge in [0.15, 0.2) is 6.23 Å². The van der Waals surface area contributed by atoms with Crippen LogP contribution in [0.2, 0.25) is 0 Å². The lowest BCUT2D eigenvalue weighted by atomic mass is 9.77. The number of hydrogen-bond donors (Lipinski definition) is 1. The van der Waals surface area contributed by atoms with E-state index in [9.17, 15) is 0 Å². The molecule has 144 valence electrons. The van der Waals surface area contributed by atoms with Crippen molar-refractivity contribution >= 4 is 24.8 Å². The van der Waals surface area contributed by atoms with Gasteiger partial charge in [-0.3, -0.25) is 4.99 Å². The second-order valence-electron chi connectivity index (χ2n) is 8.17. The summed E-state index contributed by atoms with van der Waals surface area (Å²) < 4.78 is 6.38. The van der Waals surface area contributed by atoms with E-state index in [0.29, 0.717) is 0 Å². The highest BCUT2D eigenvalue weighted by molar-refractivity contribution is 6.23. The average molecular weight is 388 g/mol. The molecule has 0 saturated carbocycles. The molecule has 1 N–H and O–H groups in total. The van der Waals surface area contributed by atoms with E-state index in [1.807, 2.05) is 6.08 Å². The Labute approximate surface area is 178 Å². The van der Waals surface area contributed by atoms with Crippen molar-refractivity contribution in [1.82, 2.24) is 5.32 Å². The normalized spacial score (nSPS) is 26.4. The molecule has 30 heavy (non-hydrogen) atoms. The van der Waals surface area contributed by atoms with Crippen LogP contribution in [0.4, 0.5) is 5.69 Å². The Morgan fingerprint density at radius 2 is 1.80 bits per heavy atom. The lowest BCUT2D eigenvalue weighted by molar-refractivity contribution is 0.106. The molecule has 1 fully saturated rings. The summed E-state index contributed by atoms with van der Waals surface area (Å²) in [6.45, 7) is 0. The highest BCUT2D eigenvalue weighted by Crippen LogP contribution is 2.47. The molecule has 0 aromatic heterocycles. The van der Waals surface area contributed by atoms with E-state index in [2.05, 4.69) is 78.1 Å². The number of nitrogens with one attached hydrogen (secondary N) is 1. The molecular formula is C26H21BN2O. The summed E-state index contributed by atoms with van der Waals surface area (Å²) in [5.74, 6) is 1.44. The molecule has 0 bridgehead atoms. The minimum Gasteiger partial charge on any atom is -0.468 e. The Morgan fingerprint density at radius 3 is 2.63 bits per heavy atom. The second-order valence-corrected chi connectivity index (χ2v) is 8.17. The van der Waals surface area contributed by atoms with E-state index in [1.165, 1.54) is 16.7 Å².